The van der Waals surface area contributed by atoms with Gasteiger partial charge in [0.2, 0.25) is 0 Å². The van der Waals surface area contributed by atoms with Gasteiger partial charge in [0.15, 0.2) is 0 Å². The van der Waals surface area contributed by atoms with Crippen LogP contribution in [0.2, 0.25) is 0 Å². The molecule has 0 aliphatic heterocycles. The maximum absolute atomic E-state index is 11.6. The van der Waals surface area contributed by atoms with Crippen molar-refractivity contribution in [2.45, 2.75) is 12.8 Å². The fraction of sp³-hybridized carbons (Fsp3) is 0.214. The van der Waals surface area contributed by atoms with E-state index in [1.54, 1.807) is 12.1 Å². The van der Waals surface area contributed by atoms with Crippen LogP contribution in [0.4, 0.5) is 0 Å². The quantitative estimate of drug-likeness (QED) is 0.813. The predicted molar refractivity (Wildman–Crippen MR) is 73.1 cm³/mol. The summed E-state index contributed by atoms with van der Waals surface area (Å²) in [5, 5.41) is 14.1. The lowest BCUT2D eigenvalue weighted by molar-refractivity contribution is 0.0957. The van der Waals surface area contributed by atoms with Crippen LogP contribution in [0, 0.1) is 0 Å². The Morgan fingerprint density at radius 3 is 2.89 bits per heavy atom. The Labute approximate surface area is 110 Å². The molecule has 2 aromatic rings. The number of rotatable bonds is 5. The number of aromatic hydroxyl groups is 1. The number of phenols is 1. The molecule has 1 aromatic carbocycles. The van der Waals surface area contributed by atoms with Crippen molar-refractivity contribution in [3.8, 4) is 5.75 Å². The average Bonchev–Trinajstić information content (AvgIpc) is 2.88. The molecule has 1 aromatic heterocycles. The Kier molecular flexibility index (Phi) is 4.36. The number of benzene rings is 1. The SMILES string of the molecule is O=C(NCCCc1cccc(O)c1)c1cccs1. The summed E-state index contributed by atoms with van der Waals surface area (Å²) < 4.78 is 0. The summed E-state index contributed by atoms with van der Waals surface area (Å²) in [7, 11) is 0. The van der Waals surface area contributed by atoms with Crippen LogP contribution in [0.1, 0.15) is 21.7 Å². The highest BCUT2D eigenvalue weighted by molar-refractivity contribution is 7.12. The molecular formula is C14H15NO2S. The van der Waals surface area contributed by atoms with Crippen molar-refractivity contribution < 1.29 is 9.90 Å². The third-order valence-electron chi connectivity index (χ3n) is 2.58. The first kappa shape index (κ1) is 12.6. The van der Waals surface area contributed by atoms with Gasteiger partial charge in [-0.25, -0.2) is 0 Å². The van der Waals surface area contributed by atoms with Crippen LogP contribution in [0.15, 0.2) is 41.8 Å². The minimum absolute atomic E-state index is 0.0130. The first-order valence-corrected chi connectivity index (χ1v) is 6.73. The summed E-state index contributed by atoms with van der Waals surface area (Å²) in [5.41, 5.74) is 1.08. The highest BCUT2D eigenvalue weighted by Gasteiger charge is 2.04. The molecule has 0 saturated heterocycles. The second-order valence-corrected chi connectivity index (χ2v) is 4.95. The second-order valence-electron chi connectivity index (χ2n) is 4.01. The first-order valence-electron chi connectivity index (χ1n) is 5.85. The summed E-state index contributed by atoms with van der Waals surface area (Å²) in [5.74, 6) is 0.274. The van der Waals surface area contributed by atoms with Crippen molar-refractivity contribution >= 4 is 17.2 Å². The molecule has 0 fully saturated rings. The van der Waals surface area contributed by atoms with E-state index < -0.39 is 0 Å². The van der Waals surface area contributed by atoms with E-state index in [1.165, 1.54) is 11.3 Å². The molecular weight excluding hydrogens is 246 g/mol. The number of phenolic OH excluding ortho intramolecular Hbond substituents is 1. The smallest absolute Gasteiger partial charge is 0.261 e. The van der Waals surface area contributed by atoms with E-state index in [-0.39, 0.29) is 11.7 Å². The Hall–Kier alpha value is -1.81. The minimum Gasteiger partial charge on any atom is -0.508 e. The number of nitrogens with one attached hydrogen (secondary N) is 1. The van der Waals surface area contributed by atoms with Crippen molar-refractivity contribution in [1.82, 2.24) is 5.32 Å². The van der Waals surface area contributed by atoms with Gasteiger partial charge >= 0.3 is 0 Å². The van der Waals surface area contributed by atoms with Crippen LogP contribution in [0.25, 0.3) is 0 Å². The Bertz CT molecular complexity index is 508. The number of carbonyl (C=O) groups is 1. The van der Waals surface area contributed by atoms with Gasteiger partial charge in [-0.1, -0.05) is 18.2 Å². The largest absolute Gasteiger partial charge is 0.508 e. The van der Waals surface area contributed by atoms with Gasteiger partial charge in [0, 0.05) is 6.54 Å². The van der Waals surface area contributed by atoms with Crippen molar-refractivity contribution in [3.63, 3.8) is 0 Å². The van der Waals surface area contributed by atoms with Crippen LogP contribution in [0.5, 0.6) is 5.75 Å². The third-order valence-corrected chi connectivity index (χ3v) is 3.45. The average molecular weight is 261 g/mol. The molecule has 0 unspecified atom stereocenters. The summed E-state index contributed by atoms with van der Waals surface area (Å²) in [6.45, 7) is 0.645. The summed E-state index contributed by atoms with van der Waals surface area (Å²) in [6, 6.07) is 10.9. The maximum Gasteiger partial charge on any atom is 0.261 e. The maximum atomic E-state index is 11.6. The van der Waals surface area contributed by atoms with Gasteiger partial charge < -0.3 is 10.4 Å². The van der Waals surface area contributed by atoms with Crippen molar-refractivity contribution in [2.75, 3.05) is 6.54 Å². The number of aryl methyl sites for hydroxylation is 1. The zero-order valence-electron chi connectivity index (χ0n) is 9.93. The van der Waals surface area contributed by atoms with E-state index in [4.69, 9.17) is 0 Å². The standard InChI is InChI=1S/C14H15NO2S/c16-12-6-1-4-11(10-12)5-2-8-15-14(17)13-7-3-9-18-13/h1,3-4,6-7,9-10,16H,2,5,8H2,(H,15,17). The molecule has 2 N–H and O–H groups in total. The first-order chi connectivity index (χ1) is 8.75. The highest BCUT2D eigenvalue weighted by Crippen LogP contribution is 2.12. The van der Waals surface area contributed by atoms with Crippen LogP contribution >= 0.6 is 11.3 Å². The molecule has 0 atom stereocenters. The zero-order chi connectivity index (χ0) is 12.8. The lowest BCUT2D eigenvalue weighted by Gasteiger charge is -2.04. The number of hydrogen-bond donors (Lipinski definition) is 2. The topological polar surface area (TPSA) is 49.3 Å². The van der Waals surface area contributed by atoms with Gasteiger partial charge in [-0.15, -0.1) is 11.3 Å². The molecule has 0 saturated carbocycles. The normalized spacial score (nSPS) is 10.2. The van der Waals surface area contributed by atoms with E-state index in [0.29, 0.717) is 6.54 Å². The molecule has 94 valence electrons. The molecule has 1 amide bonds. The van der Waals surface area contributed by atoms with E-state index in [9.17, 15) is 9.90 Å². The van der Waals surface area contributed by atoms with Crippen molar-refractivity contribution in [1.29, 1.82) is 0 Å². The van der Waals surface area contributed by atoms with Crippen LogP contribution < -0.4 is 5.32 Å². The molecule has 18 heavy (non-hydrogen) atoms. The van der Waals surface area contributed by atoms with Crippen molar-refractivity contribution in [3.05, 3.63) is 52.2 Å². The van der Waals surface area contributed by atoms with Crippen molar-refractivity contribution in [2.24, 2.45) is 0 Å². The molecule has 0 radical (unpaired) electrons. The second kappa shape index (κ2) is 6.21. The fourth-order valence-corrected chi connectivity index (χ4v) is 2.34. The molecule has 4 heteroatoms. The summed E-state index contributed by atoms with van der Waals surface area (Å²) >= 11 is 1.44. The molecule has 0 aliphatic carbocycles. The molecule has 2 rings (SSSR count). The molecule has 0 bridgehead atoms. The Morgan fingerprint density at radius 1 is 1.28 bits per heavy atom. The van der Waals surface area contributed by atoms with Gasteiger partial charge in [0.1, 0.15) is 5.75 Å². The van der Waals surface area contributed by atoms with Gasteiger partial charge in [-0.2, -0.15) is 0 Å². The van der Waals surface area contributed by atoms with Gasteiger partial charge in [0.05, 0.1) is 4.88 Å². The lowest BCUT2D eigenvalue weighted by atomic mass is 10.1. The molecule has 0 spiro atoms. The third kappa shape index (κ3) is 3.60. The zero-order valence-corrected chi connectivity index (χ0v) is 10.7. The number of hydrogen-bond acceptors (Lipinski definition) is 3. The highest BCUT2D eigenvalue weighted by atomic mass is 32.1. The number of thiophene rings is 1. The predicted octanol–water partition coefficient (Wildman–Crippen LogP) is 2.82. The fourth-order valence-electron chi connectivity index (χ4n) is 1.70. The minimum atomic E-state index is -0.0130. The molecule has 0 aliphatic rings. The van der Waals surface area contributed by atoms with Gasteiger partial charge in [-0.3, -0.25) is 4.79 Å². The number of carbonyl (C=O) groups excluding carboxylic acids is 1. The van der Waals surface area contributed by atoms with E-state index >= 15 is 0 Å². The van der Waals surface area contributed by atoms with E-state index in [2.05, 4.69) is 5.32 Å². The molecule has 1 heterocycles. The Morgan fingerprint density at radius 2 is 2.17 bits per heavy atom. The molecule has 3 nitrogen and oxygen atoms in total. The summed E-state index contributed by atoms with van der Waals surface area (Å²) in [6.07, 6.45) is 1.71. The number of amides is 1. The van der Waals surface area contributed by atoms with Crippen LogP contribution in [-0.4, -0.2) is 17.6 Å². The van der Waals surface area contributed by atoms with Crippen LogP contribution in [-0.2, 0) is 6.42 Å². The van der Waals surface area contributed by atoms with E-state index in [1.807, 2.05) is 29.6 Å². The lowest BCUT2D eigenvalue weighted by Crippen LogP contribution is -2.23. The Balaban J connectivity index is 1.72. The van der Waals surface area contributed by atoms with Crippen LogP contribution in [0.3, 0.4) is 0 Å². The monoisotopic (exact) mass is 261 g/mol. The van der Waals surface area contributed by atoms with Gasteiger partial charge in [-0.05, 0) is 42.0 Å². The van der Waals surface area contributed by atoms with E-state index in [0.717, 1.165) is 23.3 Å². The van der Waals surface area contributed by atoms with Gasteiger partial charge in [0.25, 0.3) is 5.91 Å². The summed E-state index contributed by atoms with van der Waals surface area (Å²) in [4.78, 5) is 12.4.